The minimum absolute atomic E-state index is 0.0676. The van der Waals surface area contributed by atoms with Crippen LogP contribution < -0.4 is 5.32 Å². The maximum Gasteiger partial charge on any atom is 0.308 e. The maximum atomic E-state index is 12.1. The van der Waals surface area contributed by atoms with Crippen LogP contribution in [0.4, 0.5) is 0 Å². The Morgan fingerprint density at radius 2 is 2.22 bits per heavy atom. The standard InChI is InChI=1S/C16H20N2O5/c1-22-16(21)9-12-5-6-13(14(10-19)23-12)18-15(20)8-11-4-2-3-7-17-11/h2-7,12-14,19H,8-10H2,1H3,(H,18,20)/t12-,13-,14+/m0/s1. The molecule has 3 atom stereocenters. The Labute approximate surface area is 134 Å². The van der Waals surface area contributed by atoms with E-state index in [1.165, 1.54) is 7.11 Å². The van der Waals surface area contributed by atoms with E-state index in [-0.39, 0.29) is 25.4 Å². The van der Waals surface area contributed by atoms with Gasteiger partial charge >= 0.3 is 5.97 Å². The number of aliphatic hydroxyl groups excluding tert-OH is 1. The topological polar surface area (TPSA) is 97.8 Å². The SMILES string of the molecule is COC(=O)C[C@@H]1C=C[C@H](NC(=O)Cc2ccccn2)[C@@H](CO)O1. The highest BCUT2D eigenvalue weighted by Crippen LogP contribution is 2.16. The second-order valence-corrected chi connectivity index (χ2v) is 5.15. The van der Waals surface area contributed by atoms with Crippen molar-refractivity contribution in [1.29, 1.82) is 0 Å². The summed E-state index contributed by atoms with van der Waals surface area (Å²) in [5, 5.41) is 12.2. The fourth-order valence-electron chi connectivity index (χ4n) is 2.29. The third-order valence-corrected chi connectivity index (χ3v) is 3.45. The monoisotopic (exact) mass is 320 g/mol. The molecule has 0 bridgehead atoms. The van der Waals surface area contributed by atoms with Gasteiger partial charge in [-0.2, -0.15) is 0 Å². The Morgan fingerprint density at radius 3 is 2.87 bits per heavy atom. The van der Waals surface area contributed by atoms with Crippen LogP contribution in [-0.4, -0.2) is 53.9 Å². The molecule has 23 heavy (non-hydrogen) atoms. The van der Waals surface area contributed by atoms with Crippen LogP contribution in [-0.2, 0) is 25.5 Å². The molecule has 2 N–H and O–H groups in total. The van der Waals surface area contributed by atoms with Crippen LogP contribution in [0.5, 0.6) is 0 Å². The molecule has 2 rings (SSSR count). The summed E-state index contributed by atoms with van der Waals surface area (Å²) in [6, 6.07) is 4.91. The number of rotatable bonds is 6. The lowest BCUT2D eigenvalue weighted by Crippen LogP contribution is -2.49. The summed E-state index contributed by atoms with van der Waals surface area (Å²) in [7, 11) is 1.30. The normalized spacial score (nSPS) is 23.3. The highest BCUT2D eigenvalue weighted by Gasteiger charge is 2.29. The number of pyridine rings is 1. The first kappa shape index (κ1) is 17.1. The fraction of sp³-hybridized carbons (Fsp3) is 0.438. The van der Waals surface area contributed by atoms with Crippen LogP contribution in [0.2, 0.25) is 0 Å². The van der Waals surface area contributed by atoms with Crippen LogP contribution >= 0.6 is 0 Å². The van der Waals surface area contributed by atoms with Crippen molar-refractivity contribution in [2.24, 2.45) is 0 Å². The Kier molecular flexibility index (Phi) is 6.25. The summed E-state index contributed by atoms with van der Waals surface area (Å²) >= 11 is 0. The van der Waals surface area contributed by atoms with Crippen LogP contribution in [0, 0.1) is 0 Å². The Hall–Kier alpha value is -2.25. The number of carbonyl (C=O) groups is 2. The van der Waals surface area contributed by atoms with Gasteiger partial charge in [0.25, 0.3) is 0 Å². The van der Waals surface area contributed by atoms with Crippen LogP contribution in [0.15, 0.2) is 36.5 Å². The third kappa shape index (κ3) is 5.15. The first-order valence-corrected chi connectivity index (χ1v) is 7.33. The van der Waals surface area contributed by atoms with E-state index in [1.807, 2.05) is 6.07 Å². The number of methoxy groups -OCH3 is 1. The summed E-state index contributed by atoms with van der Waals surface area (Å²) < 4.78 is 10.2. The van der Waals surface area contributed by atoms with Gasteiger partial charge in [0.2, 0.25) is 5.91 Å². The average molecular weight is 320 g/mol. The van der Waals surface area contributed by atoms with E-state index >= 15 is 0 Å². The molecule has 0 spiro atoms. The van der Waals surface area contributed by atoms with Gasteiger partial charge in [-0.25, -0.2) is 0 Å². The number of hydrogen-bond acceptors (Lipinski definition) is 6. The number of nitrogens with one attached hydrogen (secondary N) is 1. The van der Waals surface area contributed by atoms with E-state index in [0.717, 1.165) is 0 Å². The number of aliphatic hydroxyl groups is 1. The maximum absolute atomic E-state index is 12.1. The van der Waals surface area contributed by atoms with Crippen molar-refractivity contribution in [3.05, 3.63) is 42.2 Å². The van der Waals surface area contributed by atoms with Crippen LogP contribution in [0.1, 0.15) is 12.1 Å². The summed E-state index contributed by atoms with van der Waals surface area (Å²) in [5.74, 6) is -0.610. The van der Waals surface area contributed by atoms with Crippen molar-refractivity contribution in [1.82, 2.24) is 10.3 Å². The molecule has 1 aromatic heterocycles. The Bertz CT molecular complexity index is 561. The van der Waals surface area contributed by atoms with Crippen LogP contribution in [0.25, 0.3) is 0 Å². The fourth-order valence-corrected chi connectivity index (χ4v) is 2.29. The average Bonchev–Trinajstić information content (AvgIpc) is 2.56. The number of esters is 1. The van der Waals surface area contributed by atoms with Crippen molar-refractivity contribution in [3.63, 3.8) is 0 Å². The van der Waals surface area contributed by atoms with Crippen molar-refractivity contribution >= 4 is 11.9 Å². The molecule has 0 unspecified atom stereocenters. The van der Waals surface area contributed by atoms with E-state index in [4.69, 9.17) is 4.74 Å². The zero-order chi connectivity index (χ0) is 16.7. The van der Waals surface area contributed by atoms with Gasteiger partial charge < -0.3 is 19.9 Å². The number of carbonyl (C=O) groups excluding carboxylic acids is 2. The molecule has 1 aliphatic heterocycles. The van der Waals surface area contributed by atoms with Gasteiger partial charge in [0.05, 0.1) is 38.7 Å². The molecular formula is C16H20N2O5. The second kappa shape index (κ2) is 8.40. The predicted molar refractivity (Wildman–Crippen MR) is 81.4 cm³/mol. The molecular weight excluding hydrogens is 300 g/mol. The number of ether oxygens (including phenoxy) is 2. The molecule has 7 nitrogen and oxygen atoms in total. The van der Waals surface area contributed by atoms with E-state index in [9.17, 15) is 14.7 Å². The highest BCUT2D eigenvalue weighted by molar-refractivity contribution is 5.78. The first-order valence-electron chi connectivity index (χ1n) is 7.33. The molecule has 0 saturated heterocycles. The van der Waals surface area contributed by atoms with Gasteiger partial charge in [0.1, 0.15) is 6.10 Å². The molecule has 1 aromatic rings. The molecule has 0 radical (unpaired) electrons. The minimum Gasteiger partial charge on any atom is -0.469 e. The Morgan fingerprint density at radius 1 is 1.39 bits per heavy atom. The second-order valence-electron chi connectivity index (χ2n) is 5.15. The molecule has 1 amide bonds. The number of aromatic nitrogens is 1. The largest absolute Gasteiger partial charge is 0.469 e. The Balaban J connectivity index is 1.92. The number of hydrogen-bond donors (Lipinski definition) is 2. The molecule has 0 saturated carbocycles. The van der Waals surface area contributed by atoms with Gasteiger partial charge in [-0.3, -0.25) is 14.6 Å². The van der Waals surface area contributed by atoms with Crippen molar-refractivity contribution in [2.45, 2.75) is 31.1 Å². The van der Waals surface area contributed by atoms with Gasteiger partial charge in [-0.1, -0.05) is 18.2 Å². The highest BCUT2D eigenvalue weighted by atomic mass is 16.5. The molecule has 124 valence electrons. The van der Waals surface area contributed by atoms with Gasteiger partial charge in [-0.15, -0.1) is 0 Å². The van der Waals surface area contributed by atoms with E-state index in [2.05, 4.69) is 15.0 Å². The zero-order valence-electron chi connectivity index (χ0n) is 12.8. The van der Waals surface area contributed by atoms with Crippen molar-refractivity contribution in [3.8, 4) is 0 Å². The molecule has 7 heteroatoms. The van der Waals surface area contributed by atoms with Crippen molar-refractivity contribution in [2.75, 3.05) is 13.7 Å². The molecule has 2 heterocycles. The lowest BCUT2D eigenvalue weighted by Gasteiger charge is -2.31. The van der Waals surface area contributed by atoms with Gasteiger partial charge in [0, 0.05) is 11.9 Å². The number of amides is 1. The van der Waals surface area contributed by atoms with Crippen molar-refractivity contribution < 1.29 is 24.2 Å². The predicted octanol–water partition coefficient (Wildman–Crippen LogP) is -0.0121. The molecule has 0 fully saturated rings. The summed E-state index contributed by atoms with van der Waals surface area (Å²) in [4.78, 5) is 27.4. The molecule has 0 aromatic carbocycles. The summed E-state index contributed by atoms with van der Waals surface area (Å²) in [5.41, 5.74) is 0.662. The van der Waals surface area contributed by atoms with Gasteiger partial charge in [0.15, 0.2) is 0 Å². The third-order valence-electron chi connectivity index (χ3n) is 3.45. The van der Waals surface area contributed by atoms with Crippen LogP contribution in [0.3, 0.4) is 0 Å². The molecule has 1 aliphatic rings. The molecule has 0 aliphatic carbocycles. The zero-order valence-corrected chi connectivity index (χ0v) is 12.8. The quantitative estimate of drug-likeness (QED) is 0.565. The van der Waals surface area contributed by atoms with E-state index in [0.29, 0.717) is 5.69 Å². The lowest BCUT2D eigenvalue weighted by molar-refractivity contribution is -0.145. The summed E-state index contributed by atoms with van der Waals surface area (Å²) in [6.07, 6.45) is 4.18. The number of nitrogens with zero attached hydrogens (tertiary/aromatic N) is 1. The smallest absolute Gasteiger partial charge is 0.308 e. The van der Waals surface area contributed by atoms with Gasteiger partial charge in [-0.05, 0) is 12.1 Å². The minimum atomic E-state index is -0.609. The van der Waals surface area contributed by atoms with E-state index in [1.54, 1.807) is 30.5 Å². The lowest BCUT2D eigenvalue weighted by atomic mass is 10.0. The first-order chi connectivity index (χ1) is 11.1. The van der Waals surface area contributed by atoms with E-state index < -0.39 is 24.2 Å². The summed E-state index contributed by atoms with van der Waals surface area (Å²) in [6.45, 7) is -0.267.